The Morgan fingerprint density at radius 3 is 0.617 bits per heavy atom. The predicted octanol–water partition coefficient (Wildman–Crippen LogP) is 25.6. The molecule has 0 aliphatic rings. The molecule has 0 fully saturated rings. The summed E-state index contributed by atoms with van der Waals surface area (Å²) in [4.78, 5) is 38.2. The average molecular weight is 1140 g/mol. The molecular formula is C75H144O6. The van der Waals surface area contributed by atoms with E-state index in [9.17, 15) is 14.4 Å². The molecule has 0 bridgehead atoms. The Morgan fingerprint density at radius 1 is 0.235 bits per heavy atom. The standard InChI is InChI=1S/C75H144O6/c1-4-7-10-13-16-18-20-22-24-26-28-30-31-32-33-34-35-36-37-38-39-40-41-42-43-45-46-48-50-52-54-56-59-62-65-68-74(77)80-71-72(70-79-73(76)67-64-61-58-15-12-9-6-3)81-75(78)69-66-63-60-57-55-53-51-49-47-44-29-27-25-23-21-19-17-14-11-8-5-2/h27,29,72H,4-26,28,30-71H2,1-3H3/b29-27-. The van der Waals surface area contributed by atoms with Gasteiger partial charge < -0.3 is 14.2 Å². The molecule has 0 N–H and O–H groups in total. The van der Waals surface area contributed by atoms with Gasteiger partial charge in [-0.15, -0.1) is 0 Å². The van der Waals surface area contributed by atoms with E-state index in [0.29, 0.717) is 19.3 Å². The minimum absolute atomic E-state index is 0.0649. The summed E-state index contributed by atoms with van der Waals surface area (Å²) in [6.07, 6.45) is 85.9. The average Bonchev–Trinajstić information content (AvgIpc) is 3.47. The van der Waals surface area contributed by atoms with Crippen molar-refractivity contribution in [2.75, 3.05) is 13.2 Å². The zero-order chi connectivity index (χ0) is 58.5. The second-order valence-corrected chi connectivity index (χ2v) is 25.6. The first-order chi connectivity index (χ1) is 40.0. The number of esters is 3. The quantitative estimate of drug-likeness (QED) is 0.0261. The highest BCUT2D eigenvalue weighted by Crippen LogP contribution is 2.20. The summed E-state index contributed by atoms with van der Waals surface area (Å²) in [5, 5.41) is 0. The van der Waals surface area contributed by atoms with Gasteiger partial charge in [-0.25, -0.2) is 0 Å². The summed E-state index contributed by atoms with van der Waals surface area (Å²) in [5.74, 6) is -0.843. The molecule has 0 saturated carbocycles. The highest BCUT2D eigenvalue weighted by atomic mass is 16.6. The third-order valence-electron chi connectivity index (χ3n) is 17.3. The van der Waals surface area contributed by atoms with E-state index in [1.807, 2.05) is 0 Å². The van der Waals surface area contributed by atoms with Crippen molar-refractivity contribution >= 4 is 17.9 Å². The largest absolute Gasteiger partial charge is 0.462 e. The fourth-order valence-electron chi connectivity index (χ4n) is 11.7. The van der Waals surface area contributed by atoms with Gasteiger partial charge in [-0.05, 0) is 44.9 Å². The summed E-state index contributed by atoms with van der Waals surface area (Å²) in [7, 11) is 0. The van der Waals surface area contributed by atoms with E-state index in [2.05, 4.69) is 32.9 Å². The molecular weight excluding hydrogens is 997 g/mol. The molecule has 0 aromatic heterocycles. The summed E-state index contributed by atoms with van der Waals surface area (Å²) in [6, 6.07) is 0. The Kier molecular flexibility index (Phi) is 69.0. The first kappa shape index (κ1) is 79.2. The van der Waals surface area contributed by atoms with Crippen molar-refractivity contribution < 1.29 is 28.6 Å². The fraction of sp³-hybridized carbons (Fsp3) is 0.933. The van der Waals surface area contributed by atoms with Gasteiger partial charge in [-0.2, -0.15) is 0 Å². The van der Waals surface area contributed by atoms with Crippen LogP contribution in [0.3, 0.4) is 0 Å². The van der Waals surface area contributed by atoms with Gasteiger partial charge in [0.1, 0.15) is 13.2 Å². The first-order valence-corrected chi connectivity index (χ1v) is 37.2. The molecule has 0 amide bonds. The lowest BCUT2D eigenvalue weighted by molar-refractivity contribution is -0.167. The van der Waals surface area contributed by atoms with E-state index in [0.717, 1.165) is 57.8 Å². The Hall–Kier alpha value is -1.85. The van der Waals surface area contributed by atoms with Gasteiger partial charge in [0, 0.05) is 19.3 Å². The lowest BCUT2D eigenvalue weighted by Gasteiger charge is -2.18. The minimum atomic E-state index is -0.766. The number of hydrogen-bond acceptors (Lipinski definition) is 6. The van der Waals surface area contributed by atoms with Crippen LogP contribution >= 0.6 is 0 Å². The number of carbonyl (C=O) groups is 3. The van der Waals surface area contributed by atoms with E-state index in [1.54, 1.807) is 0 Å². The first-order valence-electron chi connectivity index (χ1n) is 37.2. The van der Waals surface area contributed by atoms with Gasteiger partial charge >= 0.3 is 17.9 Å². The zero-order valence-electron chi connectivity index (χ0n) is 55.4. The van der Waals surface area contributed by atoms with Crippen LogP contribution in [0, 0.1) is 0 Å². The Balaban J connectivity index is 3.91. The SMILES string of the molecule is CCCCCCCCCC/C=C\CCCCCCCCCCCC(=O)OC(COC(=O)CCCCCCCCC)COC(=O)CCCCCCCCCCCCCCCCCCCCCCCCCCCCCCCCCCCCC. The van der Waals surface area contributed by atoms with Crippen LogP contribution in [0.15, 0.2) is 12.2 Å². The van der Waals surface area contributed by atoms with E-state index in [4.69, 9.17) is 14.2 Å². The Morgan fingerprint density at radius 2 is 0.407 bits per heavy atom. The van der Waals surface area contributed by atoms with Gasteiger partial charge in [-0.3, -0.25) is 14.4 Å². The number of ether oxygens (including phenoxy) is 3. The molecule has 0 saturated heterocycles. The van der Waals surface area contributed by atoms with Crippen LogP contribution < -0.4 is 0 Å². The Labute approximate surface area is 507 Å². The molecule has 0 spiro atoms. The second kappa shape index (κ2) is 70.6. The molecule has 0 rings (SSSR count). The molecule has 0 aliphatic heterocycles. The third-order valence-corrected chi connectivity index (χ3v) is 17.3. The van der Waals surface area contributed by atoms with Gasteiger partial charge in [0.25, 0.3) is 0 Å². The summed E-state index contributed by atoms with van der Waals surface area (Å²) < 4.78 is 16.9. The number of carbonyl (C=O) groups excluding carboxylic acids is 3. The van der Waals surface area contributed by atoms with Gasteiger partial charge in [0.15, 0.2) is 6.10 Å². The number of allylic oxidation sites excluding steroid dienone is 2. The van der Waals surface area contributed by atoms with Crippen molar-refractivity contribution in [2.24, 2.45) is 0 Å². The normalized spacial score (nSPS) is 12.0. The predicted molar refractivity (Wildman–Crippen MR) is 353 cm³/mol. The monoisotopic (exact) mass is 1140 g/mol. The van der Waals surface area contributed by atoms with Crippen molar-refractivity contribution in [1.29, 1.82) is 0 Å². The molecule has 6 heteroatoms. The maximum Gasteiger partial charge on any atom is 0.306 e. The van der Waals surface area contributed by atoms with Gasteiger partial charge in [0.05, 0.1) is 0 Å². The molecule has 1 unspecified atom stereocenters. The van der Waals surface area contributed by atoms with Crippen molar-refractivity contribution in [2.45, 2.75) is 438 Å². The zero-order valence-corrected chi connectivity index (χ0v) is 55.4. The molecule has 1 atom stereocenters. The van der Waals surface area contributed by atoms with Crippen LogP contribution in [0.2, 0.25) is 0 Å². The summed E-state index contributed by atoms with van der Waals surface area (Å²) in [6.45, 7) is 6.68. The van der Waals surface area contributed by atoms with E-state index >= 15 is 0 Å². The van der Waals surface area contributed by atoms with E-state index < -0.39 is 6.10 Å². The smallest absolute Gasteiger partial charge is 0.306 e. The van der Waals surface area contributed by atoms with Crippen molar-refractivity contribution in [3.05, 3.63) is 12.2 Å². The summed E-state index contributed by atoms with van der Waals surface area (Å²) >= 11 is 0. The van der Waals surface area contributed by atoms with Gasteiger partial charge in [-0.1, -0.05) is 380 Å². The maximum absolute atomic E-state index is 12.9. The van der Waals surface area contributed by atoms with Crippen molar-refractivity contribution in [3.8, 4) is 0 Å². The van der Waals surface area contributed by atoms with Crippen LogP contribution in [-0.2, 0) is 28.6 Å². The van der Waals surface area contributed by atoms with Crippen LogP contribution in [0.5, 0.6) is 0 Å². The van der Waals surface area contributed by atoms with Crippen LogP contribution in [0.25, 0.3) is 0 Å². The van der Waals surface area contributed by atoms with Crippen LogP contribution in [0.4, 0.5) is 0 Å². The van der Waals surface area contributed by atoms with Crippen molar-refractivity contribution in [3.63, 3.8) is 0 Å². The van der Waals surface area contributed by atoms with Crippen LogP contribution in [-0.4, -0.2) is 37.2 Å². The maximum atomic E-state index is 12.9. The lowest BCUT2D eigenvalue weighted by atomic mass is 10.0. The molecule has 0 aromatic rings. The molecule has 0 radical (unpaired) electrons. The lowest BCUT2D eigenvalue weighted by Crippen LogP contribution is -2.30. The third kappa shape index (κ3) is 68.8. The second-order valence-electron chi connectivity index (χ2n) is 25.6. The number of hydrogen-bond donors (Lipinski definition) is 0. The highest BCUT2D eigenvalue weighted by Gasteiger charge is 2.20. The van der Waals surface area contributed by atoms with Gasteiger partial charge in [0.2, 0.25) is 0 Å². The van der Waals surface area contributed by atoms with E-state index in [1.165, 1.54) is 334 Å². The molecule has 0 heterocycles. The topological polar surface area (TPSA) is 78.9 Å². The molecule has 6 nitrogen and oxygen atoms in total. The molecule has 81 heavy (non-hydrogen) atoms. The van der Waals surface area contributed by atoms with E-state index in [-0.39, 0.29) is 31.1 Å². The molecule has 0 aliphatic carbocycles. The fourth-order valence-corrected chi connectivity index (χ4v) is 11.7. The number of rotatable bonds is 70. The minimum Gasteiger partial charge on any atom is -0.462 e. The highest BCUT2D eigenvalue weighted by molar-refractivity contribution is 5.71. The Bertz CT molecular complexity index is 1260. The van der Waals surface area contributed by atoms with Crippen molar-refractivity contribution in [1.82, 2.24) is 0 Å². The summed E-state index contributed by atoms with van der Waals surface area (Å²) in [5.41, 5.74) is 0. The molecule has 0 aromatic carbocycles. The molecule has 480 valence electrons. The number of unbranched alkanes of at least 4 members (excludes halogenated alkanes) is 57. The van der Waals surface area contributed by atoms with Crippen LogP contribution in [0.1, 0.15) is 432 Å².